The number of hydrogen-bond acceptors (Lipinski definition) is 3. The molecule has 1 rings (SSSR count). The van der Waals surface area contributed by atoms with E-state index in [0.717, 1.165) is 19.5 Å². The molecule has 2 N–H and O–H groups in total. The Labute approximate surface area is 104 Å². The maximum absolute atomic E-state index is 11.6. The number of amides is 1. The van der Waals surface area contributed by atoms with Gasteiger partial charge in [0.25, 0.3) is 0 Å². The summed E-state index contributed by atoms with van der Waals surface area (Å²) in [5.41, 5.74) is 0.268. The lowest BCUT2D eigenvalue weighted by atomic mass is 9.92. The van der Waals surface area contributed by atoms with E-state index in [4.69, 9.17) is 4.74 Å². The van der Waals surface area contributed by atoms with E-state index in [2.05, 4.69) is 31.4 Å². The lowest BCUT2D eigenvalue weighted by Gasteiger charge is -2.24. The molecule has 0 radical (unpaired) electrons. The second kappa shape index (κ2) is 7.09. The van der Waals surface area contributed by atoms with Crippen LogP contribution in [0.5, 0.6) is 0 Å². The quantitative estimate of drug-likeness (QED) is 0.784. The fraction of sp³-hybridized carbons (Fsp3) is 0.909. The molecule has 0 saturated carbocycles. The van der Waals surface area contributed by atoms with Crippen LogP contribution in [0.25, 0.3) is 0 Å². The third-order valence-electron chi connectivity index (χ3n) is 2.41. The van der Waals surface area contributed by atoms with Gasteiger partial charge in [-0.1, -0.05) is 20.8 Å². The summed E-state index contributed by atoms with van der Waals surface area (Å²) >= 11 is 0. The van der Waals surface area contributed by atoms with E-state index in [1.54, 1.807) is 0 Å². The highest BCUT2D eigenvalue weighted by Crippen LogP contribution is 2.16. The molecule has 96 valence electrons. The highest BCUT2D eigenvalue weighted by atomic mass is 35.5. The van der Waals surface area contributed by atoms with Gasteiger partial charge in [-0.25, -0.2) is 0 Å². The van der Waals surface area contributed by atoms with Gasteiger partial charge >= 0.3 is 0 Å². The molecule has 1 fully saturated rings. The maximum atomic E-state index is 11.6. The monoisotopic (exact) mass is 250 g/mol. The molecular weight excluding hydrogens is 228 g/mol. The van der Waals surface area contributed by atoms with E-state index in [9.17, 15) is 4.79 Å². The molecule has 0 aromatic heterocycles. The molecule has 1 saturated heterocycles. The number of ether oxygens (including phenoxy) is 1. The van der Waals surface area contributed by atoms with Crippen molar-refractivity contribution in [2.24, 2.45) is 5.41 Å². The molecule has 1 atom stereocenters. The topological polar surface area (TPSA) is 50.4 Å². The van der Waals surface area contributed by atoms with Gasteiger partial charge in [-0.3, -0.25) is 4.79 Å². The number of carbonyl (C=O) groups excluding carboxylic acids is 1. The number of nitrogens with one attached hydrogen (secondary N) is 2. The Morgan fingerprint density at radius 1 is 1.50 bits per heavy atom. The first-order valence-corrected chi connectivity index (χ1v) is 5.58. The highest BCUT2D eigenvalue weighted by molar-refractivity contribution is 5.85. The predicted octanol–water partition coefficient (Wildman–Crippen LogP) is 0.949. The fourth-order valence-corrected chi connectivity index (χ4v) is 1.42. The summed E-state index contributed by atoms with van der Waals surface area (Å²) in [6.07, 6.45) is 0.992. The van der Waals surface area contributed by atoms with Crippen molar-refractivity contribution >= 4 is 18.3 Å². The van der Waals surface area contributed by atoms with Crippen molar-refractivity contribution in [3.63, 3.8) is 0 Å². The summed E-state index contributed by atoms with van der Waals surface area (Å²) in [6, 6.07) is -0.168. The number of halogens is 1. The van der Waals surface area contributed by atoms with E-state index in [0.29, 0.717) is 13.2 Å². The van der Waals surface area contributed by atoms with E-state index >= 15 is 0 Å². The Balaban J connectivity index is 0.00000225. The zero-order valence-electron chi connectivity index (χ0n) is 10.3. The molecule has 1 amide bonds. The third kappa shape index (κ3) is 6.30. The van der Waals surface area contributed by atoms with Gasteiger partial charge in [-0.15, -0.1) is 12.4 Å². The fourth-order valence-electron chi connectivity index (χ4n) is 1.42. The summed E-state index contributed by atoms with van der Waals surface area (Å²) < 4.78 is 5.23. The Morgan fingerprint density at radius 3 is 2.69 bits per heavy atom. The van der Waals surface area contributed by atoms with Crippen molar-refractivity contribution < 1.29 is 9.53 Å². The van der Waals surface area contributed by atoms with E-state index in [1.807, 2.05) is 0 Å². The number of carbonyl (C=O) groups is 1. The largest absolute Gasteiger partial charge is 0.378 e. The van der Waals surface area contributed by atoms with Gasteiger partial charge in [0, 0.05) is 13.1 Å². The van der Waals surface area contributed by atoms with Crippen molar-refractivity contribution in [1.29, 1.82) is 0 Å². The molecule has 0 aliphatic carbocycles. The molecule has 0 spiro atoms. The van der Waals surface area contributed by atoms with Crippen LogP contribution < -0.4 is 10.6 Å². The minimum Gasteiger partial charge on any atom is -0.378 e. The van der Waals surface area contributed by atoms with Crippen molar-refractivity contribution in [1.82, 2.24) is 10.6 Å². The van der Waals surface area contributed by atoms with Crippen molar-refractivity contribution in [3.05, 3.63) is 0 Å². The van der Waals surface area contributed by atoms with Gasteiger partial charge in [-0.2, -0.15) is 0 Å². The average Bonchev–Trinajstić information content (AvgIpc) is 2.17. The van der Waals surface area contributed by atoms with Gasteiger partial charge in [0.05, 0.1) is 13.2 Å². The third-order valence-corrected chi connectivity index (χ3v) is 2.41. The summed E-state index contributed by atoms with van der Waals surface area (Å²) in [5.74, 6) is 0.0546. The van der Waals surface area contributed by atoms with E-state index in [-0.39, 0.29) is 29.8 Å². The van der Waals surface area contributed by atoms with Crippen LogP contribution in [0.3, 0.4) is 0 Å². The van der Waals surface area contributed by atoms with Crippen LogP contribution in [-0.4, -0.2) is 38.3 Å². The molecule has 1 aliphatic rings. The SMILES string of the molecule is CC(C)(C)CCNC(=O)C1COCCN1.Cl. The van der Waals surface area contributed by atoms with Gasteiger partial charge in [0.2, 0.25) is 5.91 Å². The predicted molar refractivity (Wildman–Crippen MR) is 66.9 cm³/mol. The minimum atomic E-state index is -0.168. The first-order valence-electron chi connectivity index (χ1n) is 5.58. The lowest BCUT2D eigenvalue weighted by molar-refractivity contribution is -0.125. The average molecular weight is 251 g/mol. The Morgan fingerprint density at radius 2 is 2.19 bits per heavy atom. The van der Waals surface area contributed by atoms with Gasteiger partial charge in [-0.05, 0) is 11.8 Å². The number of hydrogen-bond donors (Lipinski definition) is 2. The molecular formula is C11H23ClN2O2. The van der Waals surface area contributed by atoms with Crippen LogP contribution in [0.4, 0.5) is 0 Å². The summed E-state index contributed by atoms with van der Waals surface area (Å²) in [7, 11) is 0. The van der Waals surface area contributed by atoms with Crippen LogP contribution in [-0.2, 0) is 9.53 Å². The van der Waals surface area contributed by atoms with E-state index in [1.165, 1.54) is 0 Å². The molecule has 1 unspecified atom stereocenters. The second-order valence-electron chi connectivity index (χ2n) is 5.18. The van der Waals surface area contributed by atoms with Crippen LogP contribution in [0.2, 0.25) is 0 Å². The second-order valence-corrected chi connectivity index (χ2v) is 5.18. The molecule has 1 heterocycles. The van der Waals surface area contributed by atoms with Crippen molar-refractivity contribution in [2.75, 3.05) is 26.3 Å². The lowest BCUT2D eigenvalue weighted by Crippen LogP contribution is -2.51. The van der Waals surface area contributed by atoms with Crippen LogP contribution in [0.15, 0.2) is 0 Å². The summed E-state index contributed by atoms with van der Waals surface area (Å²) in [4.78, 5) is 11.6. The van der Waals surface area contributed by atoms with Crippen molar-refractivity contribution in [2.45, 2.75) is 33.2 Å². The van der Waals surface area contributed by atoms with Crippen LogP contribution >= 0.6 is 12.4 Å². The zero-order chi connectivity index (χ0) is 11.3. The normalized spacial score (nSPS) is 21.1. The molecule has 4 nitrogen and oxygen atoms in total. The highest BCUT2D eigenvalue weighted by Gasteiger charge is 2.21. The molecule has 1 aliphatic heterocycles. The van der Waals surface area contributed by atoms with Crippen LogP contribution in [0.1, 0.15) is 27.2 Å². The summed E-state index contributed by atoms with van der Waals surface area (Å²) in [5, 5.41) is 6.06. The minimum absolute atomic E-state index is 0. The molecule has 0 aromatic rings. The maximum Gasteiger partial charge on any atom is 0.239 e. The Hall–Kier alpha value is -0.320. The van der Waals surface area contributed by atoms with Gasteiger partial charge in [0.15, 0.2) is 0 Å². The Kier molecular flexibility index (Phi) is 6.95. The summed E-state index contributed by atoms with van der Waals surface area (Å²) in [6.45, 7) is 9.19. The zero-order valence-corrected chi connectivity index (χ0v) is 11.2. The molecule has 0 aromatic carbocycles. The first kappa shape index (κ1) is 15.7. The van der Waals surface area contributed by atoms with Gasteiger partial charge < -0.3 is 15.4 Å². The molecule has 16 heavy (non-hydrogen) atoms. The standard InChI is InChI=1S/C11H22N2O2.ClH/c1-11(2,3)4-5-13-10(14)9-8-15-7-6-12-9;/h9,12H,4-8H2,1-3H3,(H,13,14);1H. The van der Waals surface area contributed by atoms with Crippen molar-refractivity contribution in [3.8, 4) is 0 Å². The van der Waals surface area contributed by atoms with Gasteiger partial charge in [0.1, 0.15) is 6.04 Å². The number of morpholine rings is 1. The molecule has 0 bridgehead atoms. The Bertz CT molecular complexity index is 211. The molecule has 5 heteroatoms. The smallest absolute Gasteiger partial charge is 0.239 e. The number of rotatable bonds is 3. The van der Waals surface area contributed by atoms with E-state index < -0.39 is 0 Å². The first-order chi connectivity index (χ1) is 6.99. The van der Waals surface area contributed by atoms with Crippen LogP contribution in [0, 0.1) is 5.41 Å².